The summed E-state index contributed by atoms with van der Waals surface area (Å²) in [5, 5.41) is 0. The van der Waals surface area contributed by atoms with Gasteiger partial charge >= 0.3 is 5.97 Å². The maximum absolute atomic E-state index is 11.8. The summed E-state index contributed by atoms with van der Waals surface area (Å²) in [6.45, 7) is 1.63. The van der Waals surface area contributed by atoms with Crippen LogP contribution in [0.25, 0.3) is 0 Å². The largest absolute Gasteiger partial charge is 0.469 e. The molecular formula is C9H15NO5S. The number of sulfonamides is 1. The molecule has 7 heteroatoms. The Morgan fingerprint density at radius 2 is 2.12 bits per heavy atom. The van der Waals surface area contributed by atoms with Crippen LogP contribution in [0, 0.1) is 11.8 Å². The molecule has 0 aliphatic carbocycles. The van der Waals surface area contributed by atoms with Crippen molar-refractivity contribution in [2.24, 2.45) is 11.8 Å². The first-order chi connectivity index (χ1) is 7.32. The second-order valence-electron chi connectivity index (χ2n) is 3.78. The van der Waals surface area contributed by atoms with Gasteiger partial charge in [-0.2, -0.15) is 0 Å². The Morgan fingerprint density at radius 1 is 1.56 bits per heavy atom. The average molecular weight is 249 g/mol. The number of esters is 1. The molecule has 16 heavy (non-hydrogen) atoms. The van der Waals surface area contributed by atoms with Crippen LogP contribution in [0.3, 0.4) is 0 Å². The van der Waals surface area contributed by atoms with Gasteiger partial charge in [0.15, 0.2) is 0 Å². The lowest BCUT2D eigenvalue weighted by Crippen LogP contribution is -2.32. The highest BCUT2D eigenvalue weighted by atomic mass is 32.2. The van der Waals surface area contributed by atoms with Crippen LogP contribution in [0.1, 0.15) is 13.3 Å². The van der Waals surface area contributed by atoms with Gasteiger partial charge in [0.25, 0.3) is 0 Å². The minimum absolute atomic E-state index is 0.108. The van der Waals surface area contributed by atoms with Gasteiger partial charge in [-0.1, -0.05) is 6.92 Å². The van der Waals surface area contributed by atoms with Crippen LogP contribution in [-0.2, 0) is 24.3 Å². The maximum atomic E-state index is 11.8. The molecule has 0 spiro atoms. The van der Waals surface area contributed by atoms with E-state index in [4.69, 9.17) is 0 Å². The first kappa shape index (κ1) is 13.0. The lowest BCUT2D eigenvalue weighted by molar-refractivity contribution is -0.147. The summed E-state index contributed by atoms with van der Waals surface area (Å²) in [6, 6.07) is 0. The van der Waals surface area contributed by atoms with Crippen molar-refractivity contribution in [3.8, 4) is 0 Å². The van der Waals surface area contributed by atoms with E-state index >= 15 is 0 Å². The summed E-state index contributed by atoms with van der Waals surface area (Å²) in [5.74, 6) is -2.33. The van der Waals surface area contributed by atoms with Crippen molar-refractivity contribution < 1.29 is 22.7 Å². The predicted molar refractivity (Wildman–Crippen MR) is 55.8 cm³/mol. The Morgan fingerprint density at radius 3 is 2.50 bits per heavy atom. The van der Waals surface area contributed by atoms with E-state index in [0.717, 1.165) is 10.6 Å². The van der Waals surface area contributed by atoms with Crippen molar-refractivity contribution in [3.05, 3.63) is 0 Å². The van der Waals surface area contributed by atoms with Crippen molar-refractivity contribution in [3.63, 3.8) is 0 Å². The Hall–Kier alpha value is -1.11. The molecule has 0 aromatic heterocycles. The van der Waals surface area contributed by atoms with Crippen LogP contribution in [0.15, 0.2) is 0 Å². The standard InChI is InChI=1S/C9H15NO5S/c1-4-6-7(9(12)15-2)5-10(8(6)11)16(3,13)14/h6-7H,4-5H2,1-3H3. The van der Waals surface area contributed by atoms with Crippen molar-refractivity contribution >= 4 is 21.9 Å². The summed E-state index contributed by atoms with van der Waals surface area (Å²) < 4.78 is 27.9. The molecule has 1 rings (SSSR count). The summed E-state index contributed by atoms with van der Waals surface area (Å²) in [4.78, 5) is 23.2. The molecule has 0 saturated carbocycles. The van der Waals surface area contributed by atoms with Gasteiger partial charge in [0, 0.05) is 0 Å². The van der Waals surface area contributed by atoms with E-state index in [0.29, 0.717) is 6.42 Å². The molecule has 1 saturated heterocycles. The SMILES string of the molecule is CCC1C(=O)N(S(C)(=O)=O)CC1C(=O)OC. The molecule has 2 atom stereocenters. The van der Waals surface area contributed by atoms with E-state index in [2.05, 4.69) is 4.74 Å². The highest BCUT2D eigenvalue weighted by Gasteiger charge is 2.47. The van der Waals surface area contributed by atoms with Gasteiger partial charge in [-0.3, -0.25) is 9.59 Å². The smallest absolute Gasteiger partial charge is 0.311 e. The maximum Gasteiger partial charge on any atom is 0.311 e. The number of rotatable bonds is 3. The molecule has 0 aromatic carbocycles. The highest BCUT2D eigenvalue weighted by Crippen LogP contribution is 2.29. The third kappa shape index (κ3) is 2.18. The van der Waals surface area contributed by atoms with Crippen LogP contribution >= 0.6 is 0 Å². The fourth-order valence-electron chi connectivity index (χ4n) is 1.90. The molecule has 1 amide bonds. The highest BCUT2D eigenvalue weighted by molar-refractivity contribution is 7.88. The monoisotopic (exact) mass is 249 g/mol. The van der Waals surface area contributed by atoms with Crippen molar-refractivity contribution in [1.29, 1.82) is 0 Å². The number of carbonyl (C=O) groups excluding carboxylic acids is 2. The third-order valence-electron chi connectivity index (χ3n) is 2.76. The summed E-state index contributed by atoms with van der Waals surface area (Å²) >= 11 is 0. The molecule has 6 nitrogen and oxygen atoms in total. The zero-order valence-electron chi connectivity index (χ0n) is 9.47. The zero-order valence-corrected chi connectivity index (χ0v) is 10.3. The topological polar surface area (TPSA) is 80.8 Å². The van der Waals surface area contributed by atoms with Gasteiger partial charge in [0.1, 0.15) is 0 Å². The summed E-state index contributed by atoms with van der Waals surface area (Å²) in [6.07, 6.45) is 1.38. The van der Waals surface area contributed by atoms with Crippen LogP contribution < -0.4 is 0 Å². The van der Waals surface area contributed by atoms with Crippen molar-refractivity contribution in [1.82, 2.24) is 4.31 Å². The van der Waals surface area contributed by atoms with Gasteiger partial charge in [-0.05, 0) is 6.42 Å². The van der Waals surface area contributed by atoms with Gasteiger partial charge in [0.05, 0.1) is 31.7 Å². The third-order valence-corrected chi connectivity index (χ3v) is 3.88. The Bertz CT molecular complexity index is 402. The molecule has 1 aliphatic heterocycles. The van der Waals surface area contributed by atoms with Crippen LogP contribution in [0.5, 0.6) is 0 Å². The lowest BCUT2D eigenvalue weighted by Gasteiger charge is -2.12. The number of hydrogen-bond acceptors (Lipinski definition) is 5. The lowest BCUT2D eigenvalue weighted by atomic mass is 9.93. The number of hydrogen-bond donors (Lipinski definition) is 0. The Labute approximate surface area is 94.6 Å². The minimum Gasteiger partial charge on any atom is -0.469 e. The number of amides is 1. The predicted octanol–water partition coefficient (Wildman–Crippen LogP) is -0.396. The first-order valence-electron chi connectivity index (χ1n) is 4.92. The number of methoxy groups -OCH3 is 1. The summed E-state index contributed by atoms with van der Waals surface area (Å²) in [7, 11) is -2.37. The number of nitrogens with zero attached hydrogens (tertiary/aromatic N) is 1. The second kappa shape index (κ2) is 4.40. The molecule has 1 fully saturated rings. The zero-order chi connectivity index (χ0) is 12.5. The quantitative estimate of drug-likeness (QED) is 0.636. The van der Waals surface area contributed by atoms with Crippen LogP contribution in [0.2, 0.25) is 0 Å². The van der Waals surface area contributed by atoms with Gasteiger partial charge in [0.2, 0.25) is 15.9 Å². The van der Waals surface area contributed by atoms with Gasteiger partial charge < -0.3 is 4.74 Å². The van der Waals surface area contributed by atoms with Crippen molar-refractivity contribution in [2.75, 3.05) is 19.9 Å². The molecule has 1 aliphatic rings. The minimum atomic E-state index is -3.59. The second-order valence-corrected chi connectivity index (χ2v) is 5.68. The Balaban J connectivity index is 3.01. The van der Waals surface area contributed by atoms with E-state index in [1.165, 1.54) is 7.11 Å². The first-order valence-corrected chi connectivity index (χ1v) is 6.77. The molecule has 0 radical (unpaired) electrons. The Kier molecular flexibility index (Phi) is 3.57. The summed E-state index contributed by atoms with van der Waals surface area (Å²) in [5.41, 5.74) is 0. The average Bonchev–Trinajstić information content (AvgIpc) is 2.53. The molecule has 2 unspecified atom stereocenters. The number of carbonyl (C=O) groups is 2. The van der Waals surface area contributed by atoms with Crippen molar-refractivity contribution in [2.45, 2.75) is 13.3 Å². The van der Waals surface area contributed by atoms with Gasteiger partial charge in [-0.15, -0.1) is 0 Å². The molecular weight excluding hydrogens is 234 g/mol. The van der Waals surface area contributed by atoms with E-state index < -0.39 is 33.7 Å². The van der Waals surface area contributed by atoms with Gasteiger partial charge in [-0.25, -0.2) is 12.7 Å². The number of ether oxygens (including phenoxy) is 1. The molecule has 0 N–H and O–H groups in total. The fraction of sp³-hybridized carbons (Fsp3) is 0.778. The molecule has 1 heterocycles. The molecule has 0 bridgehead atoms. The van der Waals surface area contributed by atoms with E-state index in [9.17, 15) is 18.0 Å². The van der Waals surface area contributed by atoms with E-state index in [1.54, 1.807) is 6.92 Å². The fourth-order valence-corrected chi connectivity index (χ4v) is 2.79. The normalized spacial score (nSPS) is 25.9. The van der Waals surface area contributed by atoms with Crippen LogP contribution in [0.4, 0.5) is 0 Å². The van der Waals surface area contributed by atoms with E-state index in [1.807, 2.05) is 0 Å². The van der Waals surface area contributed by atoms with E-state index in [-0.39, 0.29) is 6.54 Å². The molecule has 92 valence electrons. The molecule has 0 aromatic rings. The van der Waals surface area contributed by atoms with Crippen LogP contribution in [-0.4, -0.2) is 44.5 Å².